The maximum Gasteiger partial charge on any atom is 0.222 e. The predicted molar refractivity (Wildman–Crippen MR) is 87.5 cm³/mol. The highest BCUT2D eigenvalue weighted by atomic mass is 35.5. The fourth-order valence-electron chi connectivity index (χ4n) is 2.68. The SMILES string of the molecule is N#Cc1c(N)nc(N)nc1-c1ccc(N2CCCC2)c(Cl)c1. The maximum atomic E-state index is 9.26. The largest absolute Gasteiger partial charge is 0.382 e. The molecule has 1 fully saturated rings. The van der Waals surface area contributed by atoms with Crippen LogP contribution in [0.4, 0.5) is 17.5 Å². The van der Waals surface area contributed by atoms with E-state index in [1.165, 1.54) is 12.8 Å². The summed E-state index contributed by atoms with van der Waals surface area (Å²) in [6.45, 7) is 2.02. The molecule has 2 heterocycles. The zero-order chi connectivity index (χ0) is 15.7. The Labute approximate surface area is 133 Å². The zero-order valence-electron chi connectivity index (χ0n) is 11.9. The maximum absolute atomic E-state index is 9.26. The van der Waals surface area contributed by atoms with Crippen molar-refractivity contribution in [3.05, 3.63) is 28.8 Å². The van der Waals surface area contributed by atoms with Crippen molar-refractivity contribution in [1.29, 1.82) is 5.26 Å². The van der Waals surface area contributed by atoms with Crippen LogP contribution in [0, 0.1) is 11.3 Å². The van der Waals surface area contributed by atoms with Crippen LogP contribution < -0.4 is 16.4 Å². The first-order valence-electron chi connectivity index (χ1n) is 6.98. The van der Waals surface area contributed by atoms with Gasteiger partial charge in [0, 0.05) is 18.7 Å². The van der Waals surface area contributed by atoms with Crippen LogP contribution >= 0.6 is 11.6 Å². The summed E-state index contributed by atoms with van der Waals surface area (Å²) in [4.78, 5) is 10.2. The highest BCUT2D eigenvalue weighted by molar-refractivity contribution is 6.33. The quantitative estimate of drug-likeness (QED) is 0.882. The van der Waals surface area contributed by atoms with Gasteiger partial charge in [0.25, 0.3) is 0 Å². The van der Waals surface area contributed by atoms with E-state index in [2.05, 4.69) is 14.9 Å². The first-order chi connectivity index (χ1) is 10.6. The minimum absolute atomic E-state index is 0.0336. The number of hydrogen-bond donors (Lipinski definition) is 2. The minimum Gasteiger partial charge on any atom is -0.382 e. The number of aromatic nitrogens is 2. The van der Waals surface area contributed by atoms with Gasteiger partial charge in [-0.25, -0.2) is 4.98 Å². The highest BCUT2D eigenvalue weighted by Crippen LogP contribution is 2.34. The van der Waals surface area contributed by atoms with Gasteiger partial charge in [-0.3, -0.25) is 0 Å². The van der Waals surface area contributed by atoms with E-state index in [9.17, 15) is 5.26 Å². The molecule has 6 nitrogen and oxygen atoms in total. The number of anilines is 3. The summed E-state index contributed by atoms with van der Waals surface area (Å²) >= 11 is 6.40. The van der Waals surface area contributed by atoms with Crippen LogP contribution in [0.3, 0.4) is 0 Å². The molecule has 0 atom stereocenters. The summed E-state index contributed by atoms with van der Waals surface area (Å²) in [5.41, 5.74) is 13.7. The van der Waals surface area contributed by atoms with Gasteiger partial charge in [-0.15, -0.1) is 0 Å². The second kappa shape index (κ2) is 5.70. The molecule has 0 saturated carbocycles. The second-order valence-corrected chi connectivity index (χ2v) is 5.57. The van der Waals surface area contributed by atoms with Crippen LogP contribution in [0.1, 0.15) is 18.4 Å². The Morgan fingerprint density at radius 1 is 1.18 bits per heavy atom. The Bertz CT molecular complexity index is 761. The lowest BCUT2D eigenvalue weighted by Crippen LogP contribution is -2.17. The number of rotatable bonds is 2. The fourth-order valence-corrected chi connectivity index (χ4v) is 2.98. The smallest absolute Gasteiger partial charge is 0.222 e. The predicted octanol–water partition coefficient (Wildman–Crippen LogP) is 2.43. The van der Waals surface area contributed by atoms with Crippen molar-refractivity contribution in [3.63, 3.8) is 0 Å². The summed E-state index contributed by atoms with van der Waals surface area (Å²) in [6.07, 6.45) is 2.35. The van der Waals surface area contributed by atoms with Crippen molar-refractivity contribution in [2.75, 3.05) is 29.5 Å². The number of nitrogens with zero attached hydrogens (tertiary/aromatic N) is 4. The summed E-state index contributed by atoms with van der Waals surface area (Å²) in [7, 11) is 0. The van der Waals surface area contributed by atoms with Crippen molar-refractivity contribution >= 4 is 29.1 Å². The van der Waals surface area contributed by atoms with Crippen LogP contribution in [-0.4, -0.2) is 23.1 Å². The third kappa shape index (κ3) is 2.51. The molecular formula is C15H15ClN6. The third-order valence-electron chi connectivity index (χ3n) is 3.73. The molecule has 0 radical (unpaired) electrons. The summed E-state index contributed by atoms with van der Waals surface area (Å²) in [5.74, 6) is 0.107. The normalized spacial score (nSPS) is 14.1. The molecule has 1 aliphatic heterocycles. The summed E-state index contributed by atoms with van der Waals surface area (Å²) in [5, 5.41) is 9.88. The first-order valence-corrected chi connectivity index (χ1v) is 7.36. The van der Waals surface area contributed by atoms with Gasteiger partial charge >= 0.3 is 0 Å². The Morgan fingerprint density at radius 3 is 2.55 bits per heavy atom. The van der Waals surface area contributed by atoms with E-state index in [1.54, 1.807) is 6.07 Å². The topological polar surface area (TPSA) is 105 Å². The Balaban J connectivity index is 2.07. The van der Waals surface area contributed by atoms with Crippen molar-refractivity contribution in [2.45, 2.75) is 12.8 Å². The minimum atomic E-state index is 0.0336. The average molecular weight is 315 g/mol. The van der Waals surface area contributed by atoms with Crippen molar-refractivity contribution in [3.8, 4) is 17.3 Å². The van der Waals surface area contributed by atoms with Crippen molar-refractivity contribution in [2.24, 2.45) is 0 Å². The van der Waals surface area contributed by atoms with E-state index >= 15 is 0 Å². The first kappa shape index (κ1) is 14.4. The van der Waals surface area contributed by atoms with E-state index in [-0.39, 0.29) is 17.3 Å². The molecule has 22 heavy (non-hydrogen) atoms. The lowest BCUT2D eigenvalue weighted by atomic mass is 10.1. The number of nitrogens with two attached hydrogens (primary N) is 2. The van der Waals surface area contributed by atoms with E-state index in [0.29, 0.717) is 16.3 Å². The van der Waals surface area contributed by atoms with Gasteiger partial charge in [-0.05, 0) is 25.0 Å². The van der Waals surface area contributed by atoms with Crippen molar-refractivity contribution < 1.29 is 0 Å². The zero-order valence-corrected chi connectivity index (χ0v) is 12.6. The summed E-state index contributed by atoms with van der Waals surface area (Å²) in [6, 6.07) is 7.63. The van der Waals surface area contributed by atoms with Gasteiger partial charge in [0.2, 0.25) is 5.95 Å². The van der Waals surface area contributed by atoms with Crippen LogP contribution in [-0.2, 0) is 0 Å². The van der Waals surface area contributed by atoms with Gasteiger partial charge in [0.15, 0.2) is 0 Å². The molecule has 1 aromatic carbocycles. The molecule has 0 bridgehead atoms. The number of benzene rings is 1. The van der Waals surface area contributed by atoms with Crippen LogP contribution in [0.2, 0.25) is 5.02 Å². The molecule has 0 amide bonds. The van der Waals surface area contributed by atoms with Crippen LogP contribution in [0.5, 0.6) is 0 Å². The highest BCUT2D eigenvalue weighted by Gasteiger charge is 2.18. The molecular weight excluding hydrogens is 300 g/mol. The van der Waals surface area contributed by atoms with Gasteiger partial charge in [0.1, 0.15) is 17.5 Å². The molecule has 2 aromatic rings. The number of hydrogen-bond acceptors (Lipinski definition) is 6. The second-order valence-electron chi connectivity index (χ2n) is 5.16. The van der Waals surface area contributed by atoms with Crippen LogP contribution in [0.15, 0.2) is 18.2 Å². The van der Waals surface area contributed by atoms with Crippen LogP contribution in [0.25, 0.3) is 11.3 Å². The molecule has 7 heteroatoms. The van der Waals surface area contributed by atoms with Crippen molar-refractivity contribution in [1.82, 2.24) is 9.97 Å². The molecule has 1 aromatic heterocycles. The van der Waals surface area contributed by atoms with E-state index in [1.807, 2.05) is 18.2 Å². The Kier molecular flexibility index (Phi) is 3.73. The molecule has 0 spiro atoms. The van der Waals surface area contributed by atoms with Gasteiger partial charge in [-0.1, -0.05) is 17.7 Å². The number of halogens is 1. The molecule has 0 unspecified atom stereocenters. The van der Waals surface area contributed by atoms with E-state index in [4.69, 9.17) is 23.1 Å². The third-order valence-corrected chi connectivity index (χ3v) is 4.04. The Morgan fingerprint density at radius 2 is 1.91 bits per heavy atom. The van der Waals surface area contributed by atoms with E-state index in [0.717, 1.165) is 18.8 Å². The van der Waals surface area contributed by atoms with E-state index < -0.39 is 0 Å². The van der Waals surface area contributed by atoms with Gasteiger partial charge in [-0.2, -0.15) is 10.2 Å². The lowest BCUT2D eigenvalue weighted by Gasteiger charge is -2.19. The monoisotopic (exact) mass is 314 g/mol. The van der Waals surface area contributed by atoms with Gasteiger partial charge < -0.3 is 16.4 Å². The number of nitriles is 1. The molecule has 0 aliphatic carbocycles. The molecule has 112 valence electrons. The molecule has 1 aliphatic rings. The summed E-state index contributed by atoms with van der Waals surface area (Å²) < 4.78 is 0. The fraction of sp³-hybridized carbons (Fsp3) is 0.267. The molecule has 3 rings (SSSR count). The number of nitrogen functional groups attached to an aromatic ring is 2. The van der Waals surface area contributed by atoms with Gasteiger partial charge in [0.05, 0.1) is 16.4 Å². The molecule has 4 N–H and O–H groups in total. The lowest BCUT2D eigenvalue weighted by molar-refractivity contribution is 0.949. The standard InChI is InChI=1S/C15H15ClN6/c16-11-7-9(3-4-12(11)22-5-1-2-6-22)13-10(8-17)14(18)21-15(19)20-13/h3-4,7H,1-2,5-6H2,(H4,18,19,20,21). The average Bonchev–Trinajstić information content (AvgIpc) is 3.00. The Hall–Kier alpha value is -2.52. The molecule has 1 saturated heterocycles.